The molecule has 0 atom stereocenters. The second-order valence-electron chi connectivity index (χ2n) is 7.06. The molecule has 2 rings (SSSR count). The quantitative estimate of drug-likeness (QED) is 0.252. The van der Waals surface area contributed by atoms with Crippen molar-refractivity contribution < 1.29 is 19.1 Å². The molecule has 0 aromatic heterocycles. The number of benzene rings is 2. The molecular weight excluding hydrogens is 492 g/mol. The fourth-order valence-corrected chi connectivity index (χ4v) is 3.50. The molecule has 6 nitrogen and oxygen atoms in total. The highest BCUT2D eigenvalue weighted by atomic mass is 79.9. The molecule has 0 saturated heterocycles. The minimum atomic E-state index is -0.364. The summed E-state index contributed by atoms with van der Waals surface area (Å²) in [6.45, 7) is 5.48. The summed E-state index contributed by atoms with van der Waals surface area (Å²) in [6, 6.07) is 15.0. The minimum absolute atomic E-state index is 0.166. The molecule has 0 bridgehead atoms. The fraction of sp³-hybridized carbons (Fsp3) is 0.375. The summed E-state index contributed by atoms with van der Waals surface area (Å²) in [5, 5.41) is 3.03. The van der Waals surface area contributed by atoms with Gasteiger partial charge < -0.3 is 14.4 Å². The van der Waals surface area contributed by atoms with E-state index in [-0.39, 0.29) is 23.4 Å². The van der Waals surface area contributed by atoms with Crippen LogP contribution in [0.1, 0.15) is 49.0 Å². The van der Waals surface area contributed by atoms with E-state index >= 15 is 0 Å². The first-order valence-electron chi connectivity index (χ1n) is 10.7. The van der Waals surface area contributed by atoms with Crippen molar-refractivity contribution in [3.05, 3.63) is 64.1 Å². The van der Waals surface area contributed by atoms with Gasteiger partial charge in [-0.15, -0.1) is 0 Å². The van der Waals surface area contributed by atoms with E-state index in [4.69, 9.17) is 21.7 Å². The predicted octanol–water partition coefficient (Wildman–Crippen LogP) is 5.10. The summed E-state index contributed by atoms with van der Waals surface area (Å²) >= 11 is 8.95. The molecule has 0 spiro atoms. The number of halogens is 1. The van der Waals surface area contributed by atoms with Crippen LogP contribution in [-0.4, -0.2) is 41.6 Å². The second-order valence-corrected chi connectivity index (χ2v) is 8.37. The molecule has 0 unspecified atom stereocenters. The average Bonchev–Trinajstić information content (AvgIpc) is 2.78. The highest BCUT2D eigenvalue weighted by molar-refractivity contribution is 9.10. The number of rotatable bonds is 11. The lowest BCUT2D eigenvalue weighted by Gasteiger charge is -2.25. The predicted molar refractivity (Wildman–Crippen MR) is 133 cm³/mol. The van der Waals surface area contributed by atoms with Gasteiger partial charge in [0, 0.05) is 17.6 Å². The molecule has 0 fully saturated rings. The van der Waals surface area contributed by atoms with Gasteiger partial charge in [0.05, 0.1) is 25.2 Å². The Hall–Kier alpha value is -2.45. The molecular formula is C24H29BrN2O4S. The maximum Gasteiger partial charge on any atom is 0.307 e. The molecule has 0 aliphatic carbocycles. The highest BCUT2D eigenvalue weighted by Crippen LogP contribution is 2.24. The summed E-state index contributed by atoms with van der Waals surface area (Å²) in [6.07, 6.45) is 2.06. The van der Waals surface area contributed by atoms with Crippen molar-refractivity contribution >= 4 is 45.1 Å². The number of nitrogens with one attached hydrogen (secondary N) is 1. The van der Waals surface area contributed by atoms with Crippen LogP contribution in [0.4, 0.5) is 0 Å². The summed E-state index contributed by atoms with van der Waals surface area (Å²) in [4.78, 5) is 26.7. The van der Waals surface area contributed by atoms with Gasteiger partial charge in [0.15, 0.2) is 5.11 Å². The fourth-order valence-electron chi connectivity index (χ4n) is 2.89. The zero-order valence-electron chi connectivity index (χ0n) is 18.4. The molecule has 0 saturated carbocycles. The molecule has 0 aliphatic rings. The Morgan fingerprint density at radius 1 is 1.12 bits per heavy atom. The zero-order valence-corrected chi connectivity index (χ0v) is 20.8. The van der Waals surface area contributed by atoms with E-state index in [1.165, 1.54) is 0 Å². The molecule has 2 aromatic carbocycles. The maximum atomic E-state index is 13.0. The Morgan fingerprint density at radius 2 is 1.88 bits per heavy atom. The number of carbonyl (C=O) groups is 2. The van der Waals surface area contributed by atoms with Crippen molar-refractivity contribution in [1.82, 2.24) is 10.2 Å². The third-order valence-electron chi connectivity index (χ3n) is 4.56. The Labute approximate surface area is 203 Å². The molecule has 1 amide bonds. The lowest BCUT2D eigenvalue weighted by Crippen LogP contribution is -2.43. The molecule has 0 heterocycles. The van der Waals surface area contributed by atoms with Gasteiger partial charge in [0.1, 0.15) is 5.75 Å². The van der Waals surface area contributed by atoms with Gasteiger partial charge >= 0.3 is 5.97 Å². The number of amides is 1. The van der Waals surface area contributed by atoms with E-state index < -0.39 is 0 Å². The summed E-state index contributed by atoms with van der Waals surface area (Å²) < 4.78 is 11.6. The van der Waals surface area contributed by atoms with Gasteiger partial charge in [-0.1, -0.05) is 59.6 Å². The van der Waals surface area contributed by atoms with Crippen molar-refractivity contribution in [3.63, 3.8) is 0 Å². The van der Waals surface area contributed by atoms with Crippen LogP contribution in [-0.2, 0) is 16.1 Å². The van der Waals surface area contributed by atoms with Crippen molar-refractivity contribution in [1.29, 1.82) is 0 Å². The first kappa shape index (κ1) is 25.8. The van der Waals surface area contributed by atoms with Crippen molar-refractivity contribution in [3.8, 4) is 5.75 Å². The third kappa shape index (κ3) is 8.59. The minimum Gasteiger partial charge on any atom is -0.493 e. The standard InChI is InChI=1S/C24H29BrN2O4S/c1-3-5-15-31-21-12-11-19(25)16-20(21)23(29)26-24(32)27(14-13-22(28)30-4-2)17-18-9-7-6-8-10-18/h6-12,16H,3-5,13-15,17H2,1-2H3,(H,26,29,32). The van der Waals surface area contributed by atoms with E-state index in [2.05, 4.69) is 28.2 Å². The number of unbranched alkanes of at least 4 members (excludes halogenated alkanes) is 1. The van der Waals surface area contributed by atoms with Crippen molar-refractivity contribution in [2.75, 3.05) is 19.8 Å². The van der Waals surface area contributed by atoms with Gasteiger partial charge in [-0.2, -0.15) is 0 Å². The molecule has 1 N–H and O–H groups in total. The molecule has 172 valence electrons. The first-order valence-corrected chi connectivity index (χ1v) is 11.9. The summed E-state index contributed by atoms with van der Waals surface area (Å²) in [7, 11) is 0. The SMILES string of the molecule is CCCCOc1ccc(Br)cc1C(=O)NC(=S)N(CCC(=O)OCC)Cc1ccccc1. The first-order chi connectivity index (χ1) is 15.4. The number of nitrogens with zero attached hydrogens (tertiary/aromatic N) is 1. The second kappa shape index (κ2) is 13.9. The van der Waals surface area contributed by atoms with Gasteiger partial charge in [0.25, 0.3) is 5.91 Å². The Bertz CT molecular complexity index is 908. The smallest absolute Gasteiger partial charge is 0.307 e. The van der Waals surface area contributed by atoms with Gasteiger partial charge in [-0.3, -0.25) is 14.9 Å². The van der Waals surface area contributed by atoms with Crippen molar-refractivity contribution in [2.24, 2.45) is 0 Å². The highest BCUT2D eigenvalue weighted by Gasteiger charge is 2.19. The normalized spacial score (nSPS) is 10.3. The van der Waals surface area contributed by atoms with Crippen LogP contribution in [0.2, 0.25) is 0 Å². The van der Waals surface area contributed by atoms with Gasteiger partial charge in [0.2, 0.25) is 0 Å². The van der Waals surface area contributed by atoms with Crippen LogP contribution in [0.3, 0.4) is 0 Å². The number of carbonyl (C=O) groups excluding carboxylic acids is 2. The van der Waals surface area contributed by atoms with Gasteiger partial charge in [-0.05, 0) is 49.3 Å². The van der Waals surface area contributed by atoms with Crippen LogP contribution in [0.5, 0.6) is 5.75 Å². The number of hydrogen-bond acceptors (Lipinski definition) is 5. The average molecular weight is 521 g/mol. The molecule has 32 heavy (non-hydrogen) atoms. The zero-order chi connectivity index (χ0) is 23.3. The number of hydrogen-bond donors (Lipinski definition) is 1. The molecule has 2 aromatic rings. The summed E-state index contributed by atoms with van der Waals surface area (Å²) in [5.41, 5.74) is 1.40. The molecule has 0 aliphatic heterocycles. The Kier molecular flexibility index (Phi) is 11.2. The van der Waals surface area contributed by atoms with E-state index in [1.54, 1.807) is 24.0 Å². The summed E-state index contributed by atoms with van der Waals surface area (Å²) in [5.74, 6) is -0.168. The number of esters is 1. The van der Waals surface area contributed by atoms with Gasteiger partial charge in [-0.25, -0.2) is 0 Å². The Balaban J connectivity index is 2.14. The van der Waals surface area contributed by atoms with Crippen LogP contribution < -0.4 is 10.1 Å². The number of thiocarbonyl (C=S) groups is 1. The third-order valence-corrected chi connectivity index (χ3v) is 5.41. The Morgan fingerprint density at radius 3 is 2.56 bits per heavy atom. The topological polar surface area (TPSA) is 67.9 Å². The van der Waals surface area contributed by atoms with E-state index in [9.17, 15) is 9.59 Å². The van der Waals surface area contributed by atoms with E-state index in [0.29, 0.717) is 37.6 Å². The van der Waals surface area contributed by atoms with Crippen LogP contribution >= 0.6 is 28.1 Å². The number of ether oxygens (including phenoxy) is 2. The molecule has 8 heteroatoms. The lowest BCUT2D eigenvalue weighted by atomic mass is 10.2. The molecule has 0 radical (unpaired) electrons. The van der Waals surface area contributed by atoms with Crippen molar-refractivity contribution in [2.45, 2.75) is 39.7 Å². The lowest BCUT2D eigenvalue weighted by molar-refractivity contribution is -0.143. The monoisotopic (exact) mass is 520 g/mol. The van der Waals surface area contributed by atoms with Crippen LogP contribution in [0, 0.1) is 0 Å². The maximum absolute atomic E-state index is 13.0. The largest absolute Gasteiger partial charge is 0.493 e. The van der Waals surface area contributed by atoms with E-state index in [1.807, 2.05) is 36.4 Å². The van der Waals surface area contributed by atoms with E-state index in [0.717, 1.165) is 22.9 Å². The van der Waals surface area contributed by atoms with Crippen LogP contribution in [0.25, 0.3) is 0 Å². The van der Waals surface area contributed by atoms with Crippen LogP contribution in [0.15, 0.2) is 53.0 Å².